The quantitative estimate of drug-likeness (QED) is 0.502. The summed E-state index contributed by atoms with van der Waals surface area (Å²) in [6.45, 7) is 2.19. The van der Waals surface area contributed by atoms with Gasteiger partial charge in [0.05, 0.1) is 6.61 Å². The molecule has 0 spiro atoms. The second-order valence-corrected chi connectivity index (χ2v) is 2.20. The minimum absolute atomic E-state index is 0.314. The van der Waals surface area contributed by atoms with Gasteiger partial charge < -0.3 is 9.30 Å². The molecule has 1 heterocycles. The Morgan fingerprint density at radius 2 is 2.17 bits per heavy atom. The average molecular weight is 165 g/mol. The molecule has 3 nitrogen and oxygen atoms in total. The van der Waals surface area contributed by atoms with Gasteiger partial charge in [0.15, 0.2) is 0 Å². The summed E-state index contributed by atoms with van der Waals surface area (Å²) in [6.07, 6.45) is 6.73. The van der Waals surface area contributed by atoms with Crippen LogP contribution in [0, 0.1) is 0 Å². The average Bonchev–Trinajstić information content (AvgIpc) is 2.53. The molecule has 0 aliphatic heterocycles. The van der Waals surface area contributed by atoms with Crippen molar-refractivity contribution < 1.29 is 9.53 Å². The predicted molar refractivity (Wildman–Crippen MR) is 46.4 cm³/mol. The van der Waals surface area contributed by atoms with E-state index in [-0.39, 0.29) is 5.97 Å². The third kappa shape index (κ3) is 2.62. The minimum Gasteiger partial charge on any atom is -0.463 e. The van der Waals surface area contributed by atoms with Gasteiger partial charge in [-0.3, -0.25) is 0 Å². The van der Waals surface area contributed by atoms with Crippen LogP contribution in [0.4, 0.5) is 0 Å². The highest BCUT2D eigenvalue weighted by Crippen LogP contribution is 1.91. The molecule has 0 radical (unpaired) electrons. The fourth-order valence-corrected chi connectivity index (χ4v) is 0.785. The first kappa shape index (κ1) is 8.59. The first-order chi connectivity index (χ1) is 5.83. The van der Waals surface area contributed by atoms with Gasteiger partial charge in [-0.2, -0.15) is 0 Å². The van der Waals surface area contributed by atoms with Crippen LogP contribution in [0.15, 0.2) is 30.6 Å². The second-order valence-electron chi connectivity index (χ2n) is 2.20. The third-order valence-electron chi connectivity index (χ3n) is 1.30. The maximum absolute atomic E-state index is 10.8. The zero-order valence-corrected chi connectivity index (χ0v) is 6.93. The molecule has 0 N–H and O–H groups in total. The van der Waals surface area contributed by atoms with E-state index in [4.69, 9.17) is 4.74 Å². The van der Waals surface area contributed by atoms with Crippen molar-refractivity contribution in [1.82, 2.24) is 4.57 Å². The van der Waals surface area contributed by atoms with Gasteiger partial charge in [0.2, 0.25) is 0 Å². The first-order valence-corrected chi connectivity index (χ1v) is 3.80. The molecule has 1 aromatic rings. The van der Waals surface area contributed by atoms with E-state index in [1.807, 2.05) is 24.5 Å². The summed E-state index contributed by atoms with van der Waals surface area (Å²) in [7, 11) is 0. The van der Waals surface area contributed by atoms with E-state index in [0.29, 0.717) is 6.61 Å². The molecule has 0 saturated carbocycles. The number of esters is 1. The highest BCUT2D eigenvalue weighted by atomic mass is 16.5. The summed E-state index contributed by atoms with van der Waals surface area (Å²) in [6, 6.07) is 3.77. The Morgan fingerprint density at radius 3 is 2.75 bits per heavy atom. The molecule has 0 aliphatic carbocycles. The first-order valence-electron chi connectivity index (χ1n) is 3.80. The van der Waals surface area contributed by atoms with Crippen LogP contribution in [-0.4, -0.2) is 17.1 Å². The van der Waals surface area contributed by atoms with Crippen LogP contribution in [0.5, 0.6) is 0 Å². The Hall–Kier alpha value is -1.51. The van der Waals surface area contributed by atoms with E-state index in [2.05, 4.69) is 0 Å². The highest BCUT2D eigenvalue weighted by molar-refractivity contribution is 5.84. The molecule has 12 heavy (non-hydrogen) atoms. The molecule has 0 unspecified atom stereocenters. The number of hydrogen-bond acceptors (Lipinski definition) is 2. The molecule has 1 rings (SSSR count). The van der Waals surface area contributed by atoms with Gasteiger partial charge in [0, 0.05) is 24.7 Å². The summed E-state index contributed by atoms with van der Waals surface area (Å²) in [5.41, 5.74) is 0. The summed E-state index contributed by atoms with van der Waals surface area (Å²) in [5, 5.41) is 0. The van der Waals surface area contributed by atoms with Gasteiger partial charge >= 0.3 is 5.97 Å². The van der Waals surface area contributed by atoms with Gasteiger partial charge in [0.25, 0.3) is 0 Å². The zero-order chi connectivity index (χ0) is 8.81. The van der Waals surface area contributed by atoms with Crippen LogP contribution in [-0.2, 0) is 9.53 Å². The molecule has 0 amide bonds. The lowest BCUT2D eigenvalue weighted by molar-refractivity contribution is -0.137. The Labute approximate surface area is 71.3 Å². The van der Waals surface area contributed by atoms with Crippen molar-refractivity contribution in [2.45, 2.75) is 6.92 Å². The van der Waals surface area contributed by atoms with Gasteiger partial charge in [-0.15, -0.1) is 0 Å². The summed E-state index contributed by atoms with van der Waals surface area (Å²) < 4.78 is 6.48. The lowest BCUT2D eigenvalue weighted by atomic mass is 10.6. The van der Waals surface area contributed by atoms with Crippen LogP contribution < -0.4 is 0 Å². The molecule has 64 valence electrons. The highest BCUT2D eigenvalue weighted by Gasteiger charge is 1.91. The Balaban J connectivity index is 2.45. The maximum Gasteiger partial charge on any atom is 0.332 e. The number of aromatic nitrogens is 1. The smallest absolute Gasteiger partial charge is 0.332 e. The molecule has 0 aliphatic rings. The zero-order valence-electron chi connectivity index (χ0n) is 6.93. The SMILES string of the molecule is CCOC(=O)/C=C/n1cccc1. The third-order valence-corrected chi connectivity index (χ3v) is 1.30. The number of ether oxygens (including phenoxy) is 1. The summed E-state index contributed by atoms with van der Waals surface area (Å²) in [5.74, 6) is -0.314. The fraction of sp³-hybridized carbons (Fsp3) is 0.222. The van der Waals surface area contributed by atoms with E-state index in [9.17, 15) is 4.79 Å². The van der Waals surface area contributed by atoms with Crippen LogP contribution in [0.1, 0.15) is 6.92 Å². The van der Waals surface area contributed by atoms with Crippen LogP contribution in [0.3, 0.4) is 0 Å². The molecule has 3 heteroatoms. The van der Waals surface area contributed by atoms with Crippen LogP contribution >= 0.6 is 0 Å². The molecule has 0 aromatic carbocycles. The summed E-state index contributed by atoms with van der Waals surface area (Å²) >= 11 is 0. The normalized spacial score (nSPS) is 10.4. The molecule has 0 bridgehead atoms. The van der Waals surface area contributed by atoms with Crippen molar-refractivity contribution in [3.05, 3.63) is 30.6 Å². The number of carbonyl (C=O) groups excluding carboxylic acids is 1. The Kier molecular flexibility index (Phi) is 3.14. The molecule has 0 saturated heterocycles. The van der Waals surface area contributed by atoms with Crippen molar-refractivity contribution in [2.75, 3.05) is 6.61 Å². The lowest BCUT2D eigenvalue weighted by Gasteiger charge is -1.94. The van der Waals surface area contributed by atoms with Crippen molar-refractivity contribution in [1.29, 1.82) is 0 Å². The Morgan fingerprint density at radius 1 is 1.50 bits per heavy atom. The predicted octanol–water partition coefficient (Wildman–Crippen LogP) is 1.52. The molecule has 0 atom stereocenters. The molecule has 1 aromatic heterocycles. The number of carbonyl (C=O) groups is 1. The molecule has 0 fully saturated rings. The van der Waals surface area contributed by atoms with Crippen molar-refractivity contribution in [2.24, 2.45) is 0 Å². The number of nitrogens with zero attached hydrogens (tertiary/aromatic N) is 1. The van der Waals surface area contributed by atoms with Crippen molar-refractivity contribution in [3.8, 4) is 0 Å². The number of rotatable bonds is 3. The van der Waals surface area contributed by atoms with Gasteiger partial charge in [-0.1, -0.05) is 0 Å². The van der Waals surface area contributed by atoms with E-state index in [1.165, 1.54) is 6.08 Å². The van der Waals surface area contributed by atoms with E-state index >= 15 is 0 Å². The largest absolute Gasteiger partial charge is 0.463 e. The van der Waals surface area contributed by atoms with E-state index < -0.39 is 0 Å². The summed E-state index contributed by atoms with van der Waals surface area (Å²) in [4.78, 5) is 10.8. The monoisotopic (exact) mass is 165 g/mol. The number of hydrogen-bond donors (Lipinski definition) is 0. The Bertz CT molecular complexity index is 262. The van der Waals surface area contributed by atoms with E-state index in [0.717, 1.165) is 0 Å². The molecular formula is C9H11NO2. The van der Waals surface area contributed by atoms with Gasteiger partial charge in [-0.25, -0.2) is 4.79 Å². The van der Waals surface area contributed by atoms with Crippen LogP contribution in [0.25, 0.3) is 6.20 Å². The van der Waals surface area contributed by atoms with Crippen molar-refractivity contribution in [3.63, 3.8) is 0 Å². The second kappa shape index (κ2) is 4.38. The minimum atomic E-state index is -0.314. The topological polar surface area (TPSA) is 31.2 Å². The van der Waals surface area contributed by atoms with Crippen molar-refractivity contribution >= 4 is 12.2 Å². The van der Waals surface area contributed by atoms with Gasteiger partial charge in [0.1, 0.15) is 0 Å². The standard InChI is InChI=1S/C9H11NO2/c1-2-12-9(11)5-8-10-6-3-4-7-10/h3-8H,2H2,1H3/b8-5+. The fourth-order valence-electron chi connectivity index (χ4n) is 0.785. The maximum atomic E-state index is 10.8. The van der Waals surface area contributed by atoms with Gasteiger partial charge in [-0.05, 0) is 19.1 Å². The molecular weight excluding hydrogens is 154 g/mol. The van der Waals surface area contributed by atoms with Crippen LogP contribution in [0.2, 0.25) is 0 Å². The lowest BCUT2D eigenvalue weighted by Crippen LogP contribution is -1.99. The van der Waals surface area contributed by atoms with E-state index in [1.54, 1.807) is 17.7 Å².